The minimum atomic E-state index is -0.219. The molecular formula is C25H38ClN3O3. The van der Waals surface area contributed by atoms with Crippen LogP contribution in [-0.2, 0) is 4.79 Å². The van der Waals surface area contributed by atoms with Gasteiger partial charge in [-0.1, -0.05) is 18.5 Å². The van der Waals surface area contributed by atoms with Crippen LogP contribution >= 0.6 is 11.6 Å². The summed E-state index contributed by atoms with van der Waals surface area (Å²) in [5, 5.41) is 16.0. The molecule has 0 aromatic heterocycles. The number of carbonyl (C=O) groups excluding carboxylic acids is 2. The maximum Gasteiger partial charge on any atom is 0.251 e. The third kappa shape index (κ3) is 5.57. The zero-order valence-corrected chi connectivity index (χ0v) is 20.5. The van der Waals surface area contributed by atoms with Gasteiger partial charge in [-0.3, -0.25) is 9.59 Å². The Morgan fingerprint density at radius 1 is 1.25 bits per heavy atom. The zero-order valence-electron chi connectivity index (χ0n) is 19.8. The summed E-state index contributed by atoms with van der Waals surface area (Å²) in [7, 11) is 0. The smallest absolute Gasteiger partial charge is 0.251 e. The number of aliphatic hydroxyl groups excluding tert-OH is 1. The second kappa shape index (κ2) is 10.9. The molecule has 1 aromatic rings. The SMILES string of the molecule is CCN(c1cc(Cl)cc(C(=O)NCC2C(=O)NC(C)CC2C)c1C)C1CCC(CO)CC1. The fraction of sp³-hybridized carbons (Fsp3) is 0.680. The quantitative estimate of drug-likeness (QED) is 0.572. The van der Waals surface area contributed by atoms with E-state index in [-0.39, 0.29) is 36.3 Å². The molecule has 1 saturated heterocycles. The molecule has 3 unspecified atom stereocenters. The summed E-state index contributed by atoms with van der Waals surface area (Å²) in [5.41, 5.74) is 2.47. The molecule has 0 bridgehead atoms. The number of hydrogen-bond donors (Lipinski definition) is 3. The highest BCUT2D eigenvalue weighted by molar-refractivity contribution is 6.31. The van der Waals surface area contributed by atoms with Crippen LogP contribution in [0.4, 0.5) is 5.69 Å². The summed E-state index contributed by atoms with van der Waals surface area (Å²) >= 11 is 6.46. The van der Waals surface area contributed by atoms with Crippen molar-refractivity contribution in [3.8, 4) is 0 Å². The molecule has 3 atom stereocenters. The molecule has 0 radical (unpaired) electrons. The van der Waals surface area contributed by atoms with E-state index >= 15 is 0 Å². The molecule has 6 nitrogen and oxygen atoms in total. The van der Waals surface area contributed by atoms with Crippen LogP contribution in [0.5, 0.6) is 0 Å². The maximum atomic E-state index is 13.1. The predicted molar refractivity (Wildman–Crippen MR) is 129 cm³/mol. The molecule has 7 heteroatoms. The minimum absolute atomic E-state index is 0.00990. The van der Waals surface area contributed by atoms with Crippen molar-refractivity contribution < 1.29 is 14.7 Å². The Kier molecular flexibility index (Phi) is 8.45. The lowest BCUT2D eigenvalue weighted by atomic mass is 9.84. The molecule has 3 rings (SSSR count). The van der Waals surface area contributed by atoms with Gasteiger partial charge in [0.15, 0.2) is 0 Å². The molecule has 1 aromatic carbocycles. The molecule has 3 N–H and O–H groups in total. The Morgan fingerprint density at radius 3 is 2.53 bits per heavy atom. The lowest BCUT2D eigenvalue weighted by Gasteiger charge is -2.38. The maximum absolute atomic E-state index is 13.1. The van der Waals surface area contributed by atoms with Gasteiger partial charge in [-0.2, -0.15) is 0 Å². The second-order valence-electron chi connectivity index (χ2n) is 9.68. The number of rotatable bonds is 7. The van der Waals surface area contributed by atoms with Gasteiger partial charge in [0.2, 0.25) is 5.91 Å². The van der Waals surface area contributed by atoms with E-state index in [1.54, 1.807) is 6.07 Å². The van der Waals surface area contributed by atoms with E-state index < -0.39 is 0 Å². The molecule has 1 heterocycles. The van der Waals surface area contributed by atoms with Crippen molar-refractivity contribution in [2.24, 2.45) is 17.8 Å². The number of anilines is 1. The van der Waals surface area contributed by atoms with Crippen LogP contribution in [0.25, 0.3) is 0 Å². The van der Waals surface area contributed by atoms with Gasteiger partial charge >= 0.3 is 0 Å². The van der Waals surface area contributed by atoms with Crippen molar-refractivity contribution in [3.05, 3.63) is 28.3 Å². The topological polar surface area (TPSA) is 81.7 Å². The Hall–Kier alpha value is -1.79. The van der Waals surface area contributed by atoms with E-state index in [0.717, 1.165) is 49.9 Å². The normalized spacial score (nSPS) is 28.2. The molecule has 2 aliphatic rings. The molecule has 2 fully saturated rings. The van der Waals surface area contributed by atoms with Crippen molar-refractivity contribution in [2.75, 3.05) is 24.6 Å². The van der Waals surface area contributed by atoms with Crippen LogP contribution in [-0.4, -0.2) is 48.7 Å². The number of aliphatic hydroxyl groups is 1. The molecular weight excluding hydrogens is 426 g/mol. The van der Waals surface area contributed by atoms with Crippen LogP contribution in [0.2, 0.25) is 5.02 Å². The van der Waals surface area contributed by atoms with Crippen LogP contribution in [0.3, 0.4) is 0 Å². The number of nitrogens with zero attached hydrogens (tertiary/aromatic N) is 1. The summed E-state index contributed by atoms with van der Waals surface area (Å²) < 4.78 is 0. The average Bonchev–Trinajstić information content (AvgIpc) is 2.75. The number of benzene rings is 1. The first-order valence-corrected chi connectivity index (χ1v) is 12.4. The molecule has 0 spiro atoms. The van der Waals surface area contributed by atoms with Gasteiger partial charge in [-0.15, -0.1) is 0 Å². The Labute approximate surface area is 197 Å². The van der Waals surface area contributed by atoms with Gasteiger partial charge in [0.1, 0.15) is 0 Å². The monoisotopic (exact) mass is 463 g/mol. The predicted octanol–water partition coefficient (Wildman–Crippen LogP) is 3.92. The van der Waals surface area contributed by atoms with Crippen molar-refractivity contribution in [1.29, 1.82) is 0 Å². The van der Waals surface area contributed by atoms with Gasteiger partial charge < -0.3 is 20.6 Å². The number of nitrogens with one attached hydrogen (secondary N) is 2. The second-order valence-corrected chi connectivity index (χ2v) is 10.1. The van der Waals surface area contributed by atoms with Crippen molar-refractivity contribution in [1.82, 2.24) is 10.6 Å². The van der Waals surface area contributed by atoms with Gasteiger partial charge in [0, 0.05) is 48.1 Å². The van der Waals surface area contributed by atoms with Gasteiger partial charge in [0.25, 0.3) is 5.91 Å². The van der Waals surface area contributed by atoms with E-state index in [4.69, 9.17) is 11.6 Å². The lowest BCUT2D eigenvalue weighted by molar-refractivity contribution is -0.129. The highest BCUT2D eigenvalue weighted by Crippen LogP contribution is 2.34. The standard InChI is InChI=1S/C25H38ClN3O3/c1-5-29(20-8-6-18(14-30)7-9-20)23-12-19(26)11-21(17(23)4)24(31)27-13-22-15(2)10-16(3)28-25(22)32/h11-12,15-16,18,20,22,30H,5-10,13-14H2,1-4H3,(H,27,31)(H,28,32). The largest absolute Gasteiger partial charge is 0.396 e. The first-order valence-electron chi connectivity index (χ1n) is 12.0. The minimum Gasteiger partial charge on any atom is -0.396 e. The fourth-order valence-corrected chi connectivity index (χ4v) is 5.66. The molecule has 1 aliphatic heterocycles. The third-order valence-electron chi connectivity index (χ3n) is 7.38. The van der Waals surface area contributed by atoms with E-state index in [1.165, 1.54) is 0 Å². The third-order valence-corrected chi connectivity index (χ3v) is 7.59. The number of hydrogen-bond acceptors (Lipinski definition) is 4. The van der Waals surface area contributed by atoms with Crippen LogP contribution in [0.15, 0.2) is 12.1 Å². The summed E-state index contributed by atoms with van der Waals surface area (Å²) in [5.74, 6) is 0.220. The van der Waals surface area contributed by atoms with Crippen LogP contribution in [0.1, 0.15) is 68.8 Å². The first-order chi connectivity index (χ1) is 15.2. The van der Waals surface area contributed by atoms with Crippen molar-refractivity contribution in [3.63, 3.8) is 0 Å². The highest BCUT2D eigenvalue weighted by atomic mass is 35.5. The van der Waals surface area contributed by atoms with E-state index in [1.807, 2.05) is 19.9 Å². The first kappa shape index (κ1) is 24.8. The van der Waals surface area contributed by atoms with E-state index in [0.29, 0.717) is 29.1 Å². The molecule has 1 saturated carbocycles. The van der Waals surface area contributed by atoms with Crippen molar-refractivity contribution >= 4 is 29.1 Å². The van der Waals surface area contributed by atoms with Gasteiger partial charge in [0.05, 0.1) is 5.92 Å². The van der Waals surface area contributed by atoms with E-state index in [2.05, 4.69) is 29.4 Å². The Balaban J connectivity index is 1.75. The number of amides is 2. The lowest BCUT2D eigenvalue weighted by Crippen LogP contribution is -2.50. The molecule has 2 amide bonds. The fourth-order valence-electron chi connectivity index (χ4n) is 5.44. The van der Waals surface area contributed by atoms with Gasteiger partial charge in [-0.05, 0) is 82.4 Å². The summed E-state index contributed by atoms with van der Waals surface area (Å²) in [6.45, 7) is 9.59. The molecule has 32 heavy (non-hydrogen) atoms. The average molecular weight is 464 g/mol. The number of halogens is 1. The number of carbonyl (C=O) groups is 2. The Morgan fingerprint density at radius 2 is 1.94 bits per heavy atom. The summed E-state index contributed by atoms with van der Waals surface area (Å²) in [6.07, 6.45) is 5.01. The van der Waals surface area contributed by atoms with E-state index in [9.17, 15) is 14.7 Å². The summed E-state index contributed by atoms with van der Waals surface area (Å²) in [4.78, 5) is 27.8. The van der Waals surface area contributed by atoms with Gasteiger partial charge in [-0.25, -0.2) is 0 Å². The van der Waals surface area contributed by atoms with Crippen LogP contribution < -0.4 is 15.5 Å². The molecule has 178 valence electrons. The Bertz CT molecular complexity index is 823. The zero-order chi connectivity index (χ0) is 23.4. The summed E-state index contributed by atoms with van der Waals surface area (Å²) in [6, 6.07) is 4.23. The van der Waals surface area contributed by atoms with Crippen LogP contribution in [0, 0.1) is 24.7 Å². The number of piperidine rings is 1. The van der Waals surface area contributed by atoms with Crippen molar-refractivity contribution in [2.45, 2.75) is 71.9 Å². The molecule has 1 aliphatic carbocycles. The highest BCUT2D eigenvalue weighted by Gasteiger charge is 2.33.